The average molecular weight is 302 g/mol. The quantitative estimate of drug-likeness (QED) is 0.730. The van der Waals surface area contributed by atoms with Crippen LogP contribution in [0.25, 0.3) is 0 Å². The summed E-state index contributed by atoms with van der Waals surface area (Å²) in [6.07, 6.45) is 0. The predicted octanol–water partition coefficient (Wildman–Crippen LogP) is 1.16. The number of carbonyl (C=O) groups excluding carboxylic acids is 3. The number of rotatable bonds is 1. The summed E-state index contributed by atoms with van der Waals surface area (Å²) in [5.74, 6) is -0.836. The molecule has 2 aliphatic heterocycles. The Kier molecular flexibility index (Phi) is 3.29. The Labute approximate surface area is 128 Å². The summed E-state index contributed by atoms with van der Waals surface area (Å²) < 4.78 is 5.60. The van der Waals surface area contributed by atoms with Crippen LogP contribution < -0.4 is 0 Å². The monoisotopic (exact) mass is 302 g/mol. The van der Waals surface area contributed by atoms with Crippen LogP contribution in [0.2, 0.25) is 0 Å². The molecule has 6 nitrogen and oxygen atoms in total. The number of carbonyl (C=O) groups is 3. The van der Waals surface area contributed by atoms with E-state index in [0.717, 1.165) is 4.90 Å². The molecule has 2 aliphatic rings. The van der Waals surface area contributed by atoms with Crippen LogP contribution in [0.15, 0.2) is 18.2 Å². The van der Waals surface area contributed by atoms with Crippen LogP contribution in [0.3, 0.4) is 0 Å². The standard InChI is InChI=1S/C16H18N2O4/c1-16(2)9-18(6-7-22-16)13(19)10-4-5-11-12(8-10)15(21)17(3)14(11)20/h4-5,8H,6-7,9H2,1-3H3. The highest BCUT2D eigenvalue weighted by Gasteiger charge is 2.35. The molecule has 1 saturated heterocycles. The van der Waals surface area contributed by atoms with Gasteiger partial charge in [-0.1, -0.05) is 0 Å². The van der Waals surface area contributed by atoms with Gasteiger partial charge in [0, 0.05) is 25.7 Å². The van der Waals surface area contributed by atoms with Gasteiger partial charge in [-0.2, -0.15) is 0 Å². The molecular formula is C16H18N2O4. The van der Waals surface area contributed by atoms with E-state index in [-0.39, 0.29) is 23.3 Å². The first-order valence-corrected chi connectivity index (χ1v) is 7.20. The van der Waals surface area contributed by atoms with E-state index in [1.165, 1.54) is 13.1 Å². The number of imide groups is 1. The Morgan fingerprint density at radius 2 is 1.86 bits per heavy atom. The number of nitrogens with zero attached hydrogens (tertiary/aromatic N) is 2. The molecule has 1 aromatic rings. The largest absolute Gasteiger partial charge is 0.372 e. The number of fused-ring (bicyclic) bond motifs is 1. The zero-order valence-electron chi connectivity index (χ0n) is 12.9. The molecule has 6 heteroatoms. The Morgan fingerprint density at radius 1 is 1.18 bits per heavy atom. The van der Waals surface area contributed by atoms with Gasteiger partial charge < -0.3 is 9.64 Å². The molecule has 0 N–H and O–H groups in total. The SMILES string of the molecule is CN1C(=O)c2ccc(C(=O)N3CCOC(C)(C)C3)cc2C1=O. The topological polar surface area (TPSA) is 66.9 Å². The number of hydrogen-bond donors (Lipinski definition) is 0. The fourth-order valence-electron chi connectivity index (χ4n) is 2.87. The maximum atomic E-state index is 12.6. The van der Waals surface area contributed by atoms with Crippen molar-refractivity contribution in [3.63, 3.8) is 0 Å². The Morgan fingerprint density at radius 3 is 2.55 bits per heavy atom. The molecule has 0 aromatic heterocycles. The lowest BCUT2D eigenvalue weighted by atomic mass is 10.0. The van der Waals surface area contributed by atoms with Crippen LogP contribution in [0.5, 0.6) is 0 Å². The summed E-state index contributed by atoms with van der Waals surface area (Å²) in [5, 5.41) is 0. The maximum Gasteiger partial charge on any atom is 0.261 e. The van der Waals surface area contributed by atoms with E-state index >= 15 is 0 Å². The number of benzene rings is 1. The van der Waals surface area contributed by atoms with E-state index < -0.39 is 0 Å². The minimum Gasteiger partial charge on any atom is -0.372 e. The Bertz CT molecular complexity index is 681. The number of hydrogen-bond acceptors (Lipinski definition) is 4. The molecule has 1 fully saturated rings. The van der Waals surface area contributed by atoms with Crippen molar-refractivity contribution in [3.8, 4) is 0 Å². The average Bonchev–Trinajstić information content (AvgIpc) is 2.70. The fourth-order valence-corrected chi connectivity index (χ4v) is 2.87. The van der Waals surface area contributed by atoms with Gasteiger partial charge in [0.2, 0.25) is 0 Å². The maximum absolute atomic E-state index is 12.6. The van der Waals surface area contributed by atoms with Crippen molar-refractivity contribution in [2.24, 2.45) is 0 Å². The van der Waals surface area contributed by atoms with E-state index in [9.17, 15) is 14.4 Å². The van der Waals surface area contributed by atoms with Crippen molar-refractivity contribution in [1.82, 2.24) is 9.80 Å². The highest BCUT2D eigenvalue weighted by molar-refractivity contribution is 6.21. The molecule has 0 unspecified atom stereocenters. The molecule has 116 valence electrons. The highest BCUT2D eigenvalue weighted by atomic mass is 16.5. The molecule has 1 aromatic carbocycles. The van der Waals surface area contributed by atoms with Crippen LogP contribution >= 0.6 is 0 Å². The predicted molar refractivity (Wildman–Crippen MR) is 78.8 cm³/mol. The number of ether oxygens (including phenoxy) is 1. The Hall–Kier alpha value is -2.21. The van der Waals surface area contributed by atoms with Gasteiger partial charge in [-0.05, 0) is 32.0 Å². The third kappa shape index (κ3) is 2.29. The Balaban J connectivity index is 1.89. The first kappa shape index (κ1) is 14.7. The van der Waals surface area contributed by atoms with Crippen molar-refractivity contribution in [1.29, 1.82) is 0 Å². The van der Waals surface area contributed by atoms with Crippen molar-refractivity contribution >= 4 is 17.7 Å². The molecule has 3 amide bonds. The van der Waals surface area contributed by atoms with Crippen molar-refractivity contribution in [2.45, 2.75) is 19.4 Å². The van der Waals surface area contributed by atoms with Crippen molar-refractivity contribution in [3.05, 3.63) is 34.9 Å². The molecule has 0 bridgehead atoms. The van der Waals surface area contributed by atoms with E-state index in [1.807, 2.05) is 13.8 Å². The van der Waals surface area contributed by atoms with Crippen LogP contribution in [0.4, 0.5) is 0 Å². The van der Waals surface area contributed by atoms with Crippen LogP contribution in [0, 0.1) is 0 Å². The molecule has 3 rings (SSSR count). The van der Waals surface area contributed by atoms with Gasteiger partial charge >= 0.3 is 0 Å². The van der Waals surface area contributed by atoms with Gasteiger partial charge in [-0.3, -0.25) is 19.3 Å². The molecule has 0 atom stereocenters. The summed E-state index contributed by atoms with van der Waals surface area (Å²) >= 11 is 0. The second kappa shape index (κ2) is 4.91. The minimum absolute atomic E-state index is 0.144. The molecule has 0 spiro atoms. The summed E-state index contributed by atoms with van der Waals surface area (Å²) in [6, 6.07) is 4.68. The lowest BCUT2D eigenvalue weighted by Crippen LogP contribution is -2.50. The normalized spacial score (nSPS) is 20.3. The molecule has 0 radical (unpaired) electrons. The zero-order valence-corrected chi connectivity index (χ0v) is 12.9. The van der Waals surface area contributed by atoms with Gasteiger partial charge in [-0.15, -0.1) is 0 Å². The first-order chi connectivity index (χ1) is 10.3. The molecule has 2 heterocycles. The second-order valence-corrected chi connectivity index (χ2v) is 6.26. The van der Waals surface area contributed by atoms with Gasteiger partial charge in [0.1, 0.15) is 0 Å². The molecule has 0 saturated carbocycles. The molecule has 22 heavy (non-hydrogen) atoms. The van der Waals surface area contributed by atoms with Gasteiger partial charge in [0.15, 0.2) is 0 Å². The third-order valence-corrected chi connectivity index (χ3v) is 4.05. The lowest BCUT2D eigenvalue weighted by Gasteiger charge is -2.38. The minimum atomic E-state index is -0.378. The van der Waals surface area contributed by atoms with Gasteiger partial charge in [-0.25, -0.2) is 0 Å². The summed E-state index contributed by atoms with van der Waals surface area (Å²) in [5.41, 5.74) is 0.696. The van der Waals surface area contributed by atoms with E-state index in [4.69, 9.17) is 4.74 Å². The van der Waals surface area contributed by atoms with Crippen molar-refractivity contribution < 1.29 is 19.1 Å². The smallest absolute Gasteiger partial charge is 0.261 e. The van der Waals surface area contributed by atoms with Gasteiger partial charge in [0.25, 0.3) is 17.7 Å². The lowest BCUT2D eigenvalue weighted by molar-refractivity contribution is -0.0764. The summed E-state index contributed by atoms with van der Waals surface area (Å²) in [4.78, 5) is 39.3. The first-order valence-electron chi connectivity index (χ1n) is 7.20. The van der Waals surface area contributed by atoms with Crippen LogP contribution in [-0.2, 0) is 4.74 Å². The fraction of sp³-hybridized carbons (Fsp3) is 0.438. The molecular weight excluding hydrogens is 284 g/mol. The number of amides is 3. The summed E-state index contributed by atoms with van der Waals surface area (Å²) in [7, 11) is 1.44. The van der Waals surface area contributed by atoms with E-state index in [0.29, 0.717) is 36.4 Å². The van der Waals surface area contributed by atoms with Crippen LogP contribution in [-0.4, -0.2) is 59.9 Å². The van der Waals surface area contributed by atoms with Crippen molar-refractivity contribution in [2.75, 3.05) is 26.7 Å². The highest BCUT2D eigenvalue weighted by Crippen LogP contribution is 2.24. The second-order valence-electron chi connectivity index (χ2n) is 6.26. The summed E-state index contributed by atoms with van der Waals surface area (Å²) in [6.45, 7) is 5.38. The van der Waals surface area contributed by atoms with Crippen LogP contribution in [0.1, 0.15) is 44.9 Å². The number of morpholine rings is 1. The van der Waals surface area contributed by atoms with E-state index in [2.05, 4.69) is 0 Å². The zero-order chi connectivity index (χ0) is 16.1. The van der Waals surface area contributed by atoms with Gasteiger partial charge in [0.05, 0.1) is 23.3 Å². The third-order valence-electron chi connectivity index (χ3n) is 4.05. The molecule has 0 aliphatic carbocycles. The van der Waals surface area contributed by atoms with E-state index in [1.54, 1.807) is 17.0 Å².